The molecule has 0 saturated heterocycles. The zero-order valence-electron chi connectivity index (χ0n) is 8.64. The number of nitrogens with zero attached hydrogens (tertiary/aromatic N) is 1. The number of sulfonamides is 1. The first-order valence-corrected chi connectivity index (χ1v) is 6.06. The summed E-state index contributed by atoms with van der Waals surface area (Å²) in [6.07, 6.45) is 0. The number of rotatable bonds is 4. The average molecular weight is 230 g/mol. The Morgan fingerprint density at radius 3 is 2.73 bits per heavy atom. The van der Waals surface area contributed by atoms with Gasteiger partial charge in [-0.05, 0) is 26.0 Å². The lowest BCUT2D eigenvalue weighted by Crippen LogP contribution is -2.28. The lowest BCUT2D eigenvalue weighted by molar-refractivity contribution is 0.296. The van der Waals surface area contributed by atoms with Gasteiger partial charge in [0.15, 0.2) is 0 Å². The summed E-state index contributed by atoms with van der Waals surface area (Å²) in [5.74, 6) is 0.273. The summed E-state index contributed by atoms with van der Waals surface area (Å²) in [7, 11) is -3.54. The molecule has 0 aliphatic carbocycles. The van der Waals surface area contributed by atoms with E-state index in [0.717, 1.165) is 5.69 Å². The van der Waals surface area contributed by atoms with Crippen LogP contribution in [0.25, 0.3) is 0 Å². The second-order valence-corrected chi connectivity index (χ2v) is 5.40. The van der Waals surface area contributed by atoms with Gasteiger partial charge < -0.3 is 5.11 Å². The van der Waals surface area contributed by atoms with Crippen LogP contribution in [0.1, 0.15) is 12.6 Å². The van der Waals surface area contributed by atoms with E-state index in [0.29, 0.717) is 0 Å². The summed E-state index contributed by atoms with van der Waals surface area (Å²) in [5.41, 5.74) is 0.729. The molecule has 1 aromatic heterocycles. The normalized spacial score (nSPS) is 13.5. The number of anilines is 1. The molecule has 0 aliphatic heterocycles. The SMILES string of the molecule is Cc1cccc(NS(=O)(=O)C(C)CO)n1. The molecule has 0 radical (unpaired) electrons. The van der Waals surface area contributed by atoms with Crippen molar-refractivity contribution in [2.75, 3.05) is 11.3 Å². The van der Waals surface area contributed by atoms with Crippen molar-refractivity contribution in [2.45, 2.75) is 19.1 Å². The number of hydrogen-bond donors (Lipinski definition) is 2. The lowest BCUT2D eigenvalue weighted by Gasteiger charge is -2.11. The topological polar surface area (TPSA) is 79.3 Å². The fourth-order valence-corrected chi connectivity index (χ4v) is 1.75. The van der Waals surface area contributed by atoms with Gasteiger partial charge >= 0.3 is 0 Å². The monoisotopic (exact) mass is 230 g/mol. The summed E-state index contributed by atoms with van der Waals surface area (Å²) in [6.45, 7) is 2.78. The van der Waals surface area contributed by atoms with Crippen LogP contribution >= 0.6 is 0 Å². The fraction of sp³-hybridized carbons (Fsp3) is 0.444. The molecule has 5 nitrogen and oxygen atoms in total. The van der Waals surface area contributed by atoms with Crippen molar-refractivity contribution in [1.82, 2.24) is 4.98 Å². The molecule has 0 aromatic carbocycles. The second kappa shape index (κ2) is 4.59. The molecule has 15 heavy (non-hydrogen) atoms. The van der Waals surface area contributed by atoms with Crippen molar-refractivity contribution in [1.29, 1.82) is 0 Å². The average Bonchev–Trinajstić information content (AvgIpc) is 2.15. The van der Waals surface area contributed by atoms with Crippen LogP contribution in [0.5, 0.6) is 0 Å². The van der Waals surface area contributed by atoms with Gasteiger partial charge in [-0.15, -0.1) is 0 Å². The van der Waals surface area contributed by atoms with E-state index < -0.39 is 21.9 Å². The minimum absolute atomic E-state index is 0.273. The largest absolute Gasteiger partial charge is 0.395 e. The van der Waals surface area contributed by atoms with E-state index in [1.54, 1.807) is 25.1 Å². The minimum Gasteiger partial charge on any atom is -0.395 e. The number of aromatic nitrogens is 1. The number of pyridine rings is 1. The molecule has 2 N–H and O–H groups in total. The Balaban J connectivity index is 2.87. The van der Waals surface area contributed by atoms with Gasteiger partial charge in [-0.2, -0.15) is 0 Å². The molecule has 1 aromatic rings. The highest BCUT2D eigenvalue weighted by Gasteiger charge is 2.19. The number of aliphatic hydroxyl groups is 1. The number of aliphatic hydroxyl groups excluding tert-OH is 1. The first-order chi connectivity index (χ1) is 6.95. The highest BCUT2D eigenvalue weighted by Crippen LogP contribution is 2.09. The quantitative estimate of drug-likeness (QED) is 0.790. The summed E-state index contributed by atoms with van der Waals surface area (Å²) in [5, 5.41) is 7.92. The molecule has 0 saturated carbocycles. The summed E-state index contributed by atoms with van der Waals surface area (Å²) >= 11 is 0. The van der Waals surface area contributed by atoms with Crippen molar-refractivity contribution in [3.05, 3.63) is 23.9 Å². The third kappa shape index (κ3) is 3.17. The van der Waals surface area contributed by atoms with Gasteiger partial charge in [-0.1, -0.05) is 6.07 Å². The summed E-state index contributed by atoms with van der Waals surface area (Å²) in [6, 6.07) is 5.05. The molecule has 0 fully saturated rings. The molecular formula is C9H14N2O3S. The maximum Gasteiger partial charge on any atom is 0.238 e. The van der Waals surface area contributed by atoms with Crippen LogP contribution < -0.4 is 4.72 Å². The smallest absolute Gasteiger partial charge is 0.238 e. The predicted octanol–water partition coefficient (Wildman–Crippen LogP) is 0.513. The van der Waals surface area contributed by atoms with Gasteiger partial charge in [0.25, 0.3) is 0 Å². The second-order valence-electron chi connectivity index (χ2n) is 3.30. The van der Waals surface area contributed by atoms with Crippen LogP contribution in [0.4, 0.5) is 5.82 Å². The molecule has 0 spiro atoms. The maximum atomic E-state index is 11.5. The van der Waals surface area contributed by atoms with Crippen molar-refractivity contribution < 1.29 is 13.5 Å². The molecule has 6 heteroatoms. The first kappa shape index (κ1) is 11.9. The van der Waals surface area contributed by atoms with Crippen LogP contribution in [0.3, 0.4) is 0 Å². The molecular weight excluding hydrogens is 216 g/mol. The zero-order chi connectivity index (χ0) is 11.5. The van der Waals surface area contributed by atoms with Crippen molar-refractivity contribution in [2.24, 2.45) is 0 Å². The highest BCUT2D eigenvalue weighted by atomic mass is 32.2. The standard InChI is InChI=1S/C9H14N2O3S/c1-7-4-3-5-9(10-7)11-15(13,14)8(2)6-12/h3-5,8,12H,6H2,1-2H3,(H,10,11). The minimum atomic E-state index is -3.54. The Labute approximate surface area is 89.2 Å². The van der Waals surface area contributed by atoms with Crippen LogP contribution in [-0.4, -0.2) is 30.4 Å². The predicted molar refractivity (Wildman–Crippen MR) is 58.1 cm³/mol. The van der Waals surface area contributed by atoms with Crippen molar-refractivity contribution in [3.8, 4) is 0 Å². The molecule has 0 bridgehead atoms. The van der Waals surface area contributed by atoms with E-state index >= 15 is 0 Å². The van der Waals surface area contributed by atoms with E-state index in [1.807, 2.05) is 0 Å². The van der Waals surface area contributed by atoms with Crippen molar-refractivity contribution >= 4 is 15.8 Å². The Kier molecular flexibility index (Phi) is 3.65. The highest BCUT2D eigenvalue weighted by molar-refractivity contribution is 7.93. The van der Waals surface area contributed by atoms with E-state index in [4.69, 9.17) is 5.11 Å². The third-order valence-electron chi connectivity index (χ3n) is 1.92. The first-order valence-electron chi connectivity index (χ1n) is 4.52. The number of nitrogens with one attached hydrogen (secondary N) is 1. The van der Waals surface area contributed by atoms with Crippen molar-refractivity contribution in [3.63, 3.8) is 0 Å². The van der Waals surface area contributed by atoms with E-state index in [-0.39, 0.29) is 5.82 Å². The van der Waals surface area contributed by atoms with Crippen LogP contribution in [0.2, 0.25) is 0 Å². The Morgan fingerprint density at radius 1 is 1.53 bits per heavy atom. The van der Waals surface area contributed by atoms with Crippen LogP contribution in [-0.2, 0) is 10.0 Å². The molecule has 1 unspecified atom stereocenters. The van der Waals surface area contributed by atoms with Gasteiger partial charge in [0.1, 0.15) is 11.1 Å². The molecule has 84 valence electrons. The maximum absolute atomic E-state index is 11.5. The van der Waals surface area contributed by atoms with Crippen LogP contribution in [0.15, 0.2) is 18.2 Å². The van der Waals surface area contributed by atoms with Gasteiger partial charge in [0.05, 0.1) is 6.61 Å². The zero-order valence-corrected chi connectivity index (χ0v) is 9.45. The Morgan fingerprint density at radius 2 is 2.20 bits per heavy atom. The number of aryl methyl sites for hydroxylation is 1. The van der Waals surface area contributed by atoms with Gasteiger partial charge in [-0.3, -0.25) is 4.72 Å². The lowest BCUT2D eigenvalue weighted by atomic mass is 10.4. The molecule has 0 amide bonds. The fourth-order valence-electron chi connectivity index (χ4n) is 0.944. The summed E-state index contributed by atoms with van der Waals surface area (Å²) in [4.78, 5) is 4.00. The Bertz CT molecular complexity index is 431. The van der Waals surface area contributed by atoms with Gasteiger partial charge in [-0.25, -0.2) is 13.4 Å². The van der Waals surface area contributed by atoms with E-state index in [2.05, 4.69) is 9.71 Å². The van der Waals surface area contributed by atoms with Crippen LogP contribution in [0, 0.1) is 6.92 Å². The summed E-state index contributed by atoms with van der Waals surface area (Å²) < 4.78 is 25.4. The third-order valence-corrected chi connectivity index (χ3v) is 3.62. The molecule has 0 aliphatic rings. The van der Waals surface area contributed by atoms with Gasteiger partial charge in [0, 0.05) is 5.69 Å². The molecule has 1 heterocycles. The Hall–Kier alpha value is -1.14. The number of hydrogen-bond acceptors (Lipinski definition) is 4. The van der Waals surface area contributed by atoms with Gasteiger partial charge in [0.2, 0.25) is 10.0 Å². The molecule has 1 atom stereocenters. The molecule has 1 rings (SSSR count). The van der Waals surface area contributed by atoms with E-state index in [9.17, 15) is 8.42 Å². The van der Waals surface area contributed by atoms with E-state index in [1.165, 1.54) is 6.92 Å².